The van der Waals surface area contributed by atoms with Crippen LogP contribution in [0.2, 0.25) is 0 Å². The highest BCUT2D eigenvalue weighted by Crippen LogP contribution is 2.30. The second-order valence-corrected chi connectivity index (χ2v) is 6.72. The fourth-order valence-electron chi connectivity index (χ4n) is 2.90. The Labute approximate surface area is 159 Å². The van der Waals surface area contributed by atoms with Crippen molar-refractivity contribution in [1.82, 2.24) is 0 Å². The first-order chi connectivity index (χ1) is 13.1. The van der Waals surface area contributed by atoms with E-state index in [1.54, 1.807) is 14.2 Å². The number of ketones is 1. The van der Waals surface area contributed by atoms with Crippen molar-refractivity contribution in [2.24, 2.45) is 5.92 Å². The monoisotopic (exact) mass is 367 g/mol. The summed E-state index contributed by atoms with van der Waals surface area (Å²) in [6.45, 7) is 0.118. The second kappa shape index (κ2) is 8.71. The minimum Gasteiger partial charge on any atom is -0.493 e. The van der Waals surface area contributed by atoms with Crippen molar-refractivity contribution in [3.05, 3.63) is 53.6 Å². The van der Waals surface area contributed by atoms with Crippen LogP contribution < -0.4 is 14.2 Å². The first kappa shape index (κ1) is 19.0. The van der Waals surface area contributed by atoms with Gasteiger partial charge in [0.05, 0.1) is 14.2 Å². The van der Waals surface area contributed by atoms with E-state index in [2.05, 4.69) is 0 Å². The Bertz CT molecular complexity index is 827. The molecule has 1 saturated carbocycles. The summed E-state index contributed by atoms with van der Waals surface area (Å²) in [5.74, 6) is 2.40. The van der Waals surface area contributed by atoms with E-state index in [9.17, 15) is 4.79 Å². The third-order valence-electron chi connectivity index (χ3n) is 4.71. The number of hydrogen-bond acceptors (Lipinski definition) is 5. The molecule has 1 fully saturated rings. The molecule has 3 rings (SSSR count). The average molecular weight is 367 g/mol. The number of methoxy groups -OCH3 is 2. The summed E-state index contributed by atoms with van der Waals surface area (Å²) >= 11 is 0. The molecule has 0 aliphatic heterocycles. The average Bonchev–Trinajstić information content (AvgIpc) is 3.55. The molecule has 1 aliphatic rings. The van der Waals surface area contributed by atoms with Crippen molar-refractivity contribution >= 4 is 11.5 Å². The molecule has 0 bridgehead atoms. The number of hydrogen-bond donors (Lipinski definition) is 1. The van der Waals surface area contributed by atoms with Gasteiger partial charge in [-0.25, -0.2) is 0 Å². The van der Waals surface area contributed by atoms with Crippen LogP contribution in [0.25, 0.3) is 0 Å². The van der Waals surface area contributed by atoms with Gasteiger partial charge in [-0.15, -0.1) is 0 Å². The lowest BCUT2D eigenvalue weighted by Crippen LogP contribution is -2.13. The van der Waals surface area contributed by atoms with E-state index in [4.69, 9.17) is 19.6 Å². The van der Waals surface area contributed by atoms with E-state index >= 15 is 0 Å². The maximum absolute atomic E-state index is 11.8. The van der Waals surface area contributed by atoms with E-state index in [0.29, 0.717) is 29.4 Å². The number of benzene rings is 2. The molecule has 1 N–H and O–H groups in total. The van der Waals surface area contributed by atoms with Crippen molar-refractivity contribution < 1.29 is 19.0 Å². The molecule has 0 amide bonds. The quantitative estimate of drug-likeness (QED) is 0.643. The Hall–Kier alpha value is -2.82. The molecule has 0 aromatic heterocycles. The van der Waals surface area contributed by atoms with Crippen LogP contribution in [0, 0.1) is 11.3 Å². The minimum absolute atomic E-state index is 0.118. The number of Topliss-reactive ketones (excluding diaryl/α,β-unsaturated/α-hetero) is 1. The third-order valence-corrected chi connectivity index (χ3v) is 4.71. The molecule has 5 heteroatoms. The van der Waals surface area contributed by atoms with Crippen LogP contribution in [0.1, 0.15) is 30.4 Å². The lowest BCUT2D eigenvalue weighted by molar-refractivity contribution is -0.122. The second-order valence-electron chi connectivity index (χ2n) is 6.72. The van der Waals surface area contributed by atoms with Gasteiger partial charge in [0, 0.05) is 11.6 Å². The molecule has 0 radical (unpaired) electrons. The normalized spacial score (nSPS) is 13.1. The Morgan fingerprint density at radius 3 is 2.56 bits per heavy atom. The van der Waals surface area contributed by atoms with Gasteiger partial charge >= 0.3 is 0 Å². The van der Waals surface area contributed by atoms with E-state index in [-0.39, 0.29) is 18.3 Å². The first-order valence-electron chi connectivity index (χ1n) is 9.15. The van der Waals surface area contributed by atoms with Gasteiger partial charge in [-0.1, -0.05) is 18.2 Å². The Balaban J connectivity index is 1.57. The summed E-state index contributed by atoms with van der Waals surface area (Å²) in [4.78, 5) is 11.8. The summed E-state index contributed by atoms with van der Waals surface area (Å²) in [6.07, 6.45) is 3.30. The lowest BCUT2D eigenvalue weighted by Gasteiger charge is -2.11. The van der Waals surface area contributed by atoms with Crippen LogP contribution in [0.15, 0.2) is 42.5 Å². The molecule has 0 spiro atoms. The minimum atomic E-state index is 0.118. The Kier molecular flexibility index (Phi) is 6.12. The van der Waals surface area contributed by atoms with E-state index in [1.165, 1.54) is 0 Å². The fourth-order valence-corrected chi connectivity index (χ4v) is 2.90. The first-order valence-corrected chi connectivity index (χ1v) is 9.15. The van der Waals surface area contributed by atoms with Gasteiger partial charge in [0.2, 0.25) is 0 Å². The van der Waals surface area contributed by atoms with E-state index < -0.39 is 0 Å². The van der Waals surface area contributed by atoms with Crippen LogP contribution in [-0.4, -0.2) is 32.3 Å². The maximum atomic E-state index is 11.8. The molecule has 5 nitrogen and oxygen atoms in total. The summed E-state index contributed by atoms with van der Waals surface area (Å²) in [5, 5.41) is 8.37. The molecule has 142 valence electrons. The lowest BCUT2D eigenvalue weighted by atomic mass is 10.0. The molecule has 0 heterocycles. The fraction of sp³-hybridized carbons (Fsp3) is 0.364. The van der Waals surface area contributed by atoms with Crippen molar-refractivity contribution in [2.75, 3.05) is 20.8 Å². The molecule has 0 atom stereocenters. The highest BCUT2D eigenvalue weighted by molar-refractivity contribution is 5.98. The Morgan fingerprint density at radius 2 is 1.85 bits per heavy atom. The third kappa shape index (κ3) is 5.09. The summed E-state index contributed by atoms with van der Waals surface area (Å²) < 4.78 is 16.2. The van der Waals surface area contributed by atoms with Crippen molar-refractivity contribution in [1.29, 1.82) is 5.41 Å². The predicted molar refractivity (Wildman–Crippen MR) is 104 cm³/mol. The zero-order valence-electron chi connectivity index (χ0n) is 15.8. The van der Waals surface area contributed by atoms with Crippen LogP contribution in [-0.2, 0) is 11.2 Å². The van der Waals surface area contributed by atoms with Crippen LogP contribution in [0.5, 0.6) is 17.2 Å². The zero-order chi connectivity index (χ0) is 19.2. The smallest absolute Gasteiger partial charge is 0.173 e. The van der Waals surface area contributed by atoms with Crippen molar-refractivity contribution in [3.8, 4) is 17.2 Å². The molecule has 0 saturated heterocycles. The molecular formula is C22H25NO4. The summed E-state index contributed by atoms with van der Waals surface area (Å²) in [7, 11) is 3.23. The van der Waals surface area contributed by atoms with Gasteiger partial charge in [0.1, 0.15) is 12.4 Å². The highest BCUT2D eigenvalue weighted by atomic mass is 16.5. The Morgan fingerprint density at radius 1 is 1.07 bits per heavy atom. The summed E-state index contributed by atoms with van der Waals surface area (Å²) in [6, 6.07) is 13.2. The van der Waals surface area contributed by atoms with E-state index in [1.807, 2.05) is 42.5 Å². The van der Waals surface area contributed by atoms with E-state index in [0.717, 1.165) is 30.4 Å². The van der Waals surface area contributed by atoms with Gasteiger partial charge in [0.25, 0.3) is 0 Å². The van der Waals surface area contributed by atoms with Gasteiger partial charge in [0.15, 0.2) is 17.3 Å². The molecule has 0 unspecified atom stereocenters. The number of carbonyl (C=O) groups excluding carboxylic acids is 1. The van der Waals surface area contributed by atoms with Gasteiger partial charge < -0.3 is 19.6 Å². The largest absolute Gasteiger partial charge is 0.493 e. The van der Waals surface area contributed by atoms with Gasteiger partial charge in [-0.2, -0.15) is 0 Å². The molecule has 2 aromatic rings. The van der Waals surface area contributed by atoms with Crippen molar-refractivity contribution in [3.63, 3.8) is 0 Å². The highest BCUT2D eigenvalue weighted by Gasteiger charge is 2.29. The zero-order valence-corrected chi connectivity index (χ0v) is 15.8. The SMILES string of the molecule is COc1ccc(CCC(=N)c2cccc(OCC(=O)C3CC3)c2)cc1OC. The van der Waals surface area contributed by atoms with Gasteiger partial charge in [-0.3, -0.25) is 4.79 Å². The number of nitrogens with one attached hydrogen (secondary N) is 1. The predicted octanol–water partition coefficient (Wildman–Crippen LogP) is 4.06. The number of carbonyl (C=O) groups is 1. The van der Waals surface area contributed by atoms with Gasteiger partial charge in [-0.05, 0) is 61.1 Å². The van der Waals surface area contributed by atoms with Crippen LogP contribution in [0.3, 0.4) is 0 Å². The molecule has 27 heavy (non-hydrogen) atoms. The standard InChI is InChI=1S/C22H25NO4/c1-25-21-11-7-15(12-22(21)26-2)6-10-19(23)17-4-3-5-18(13-17)27-14-20(24)16-8-9-16/h3-5,7,11-13,16,23H,6,8-10,14H2,1-2H3. The maximum Gasteiger partial charge on any atom is 0.173 e. The van der Waals surface area contributed by atoms with Crippen LogP contribution >= 0.6 is 0 Å². The molecule has 2 aromatic carbocycles. The number of rotatable bonds is 10. The topological polar surface area (TPSA) is 68.6 Å². The molecular weight excluding hydrogens is 342 g/mol. The van der Waals surface area contributed by atoms with Crippen molar-refractivity contribution in [2.45, 2.75) is 25.7 Å². The summed E-state index contributed by atoms with van der Waals surface area (Å²) in [5.41, 5.74) is 2.43. The van der Waals surface area contributed by atoms with Crippen LogP contribution in [0.4, 0.5) is 0 Å². The number of ether oxygens (including phenoxy) is 3. The molecule has 1 aliphatic carbocycles. The number of aryl methyl sites for hydroxylation is 1.